The molecule has 0 bridgehead atoms. The van der Waals surface area contributed by atoms with E-state index < -0.39 is 12.0 Å². The molecule has 0 N–H and O–H groups in total. The van der Waals surface area contributed by atoms with Gasteiger partial charge in [-0.2, -0.15) is 18.3 Å². The maximum atomic E-state index is 13.0. The van der Waals surface area contributed by atoms with Crippen LogP contribution in [0.2, 0.25) is 0 Å². The predicted molar refractivity (Wildman–Crippen MR) is 108 cm³/mol. The Morgan fingerprint density at radius 3 is 2.55 bits per heavy atom. The molecule has 2 aromatic rings. The third kappa shape index (κ3) is 3.75. The molecule has 0 amide bonds. The minimum Gasteiger partial charge on any atom is -0.379 e. The minimum atomic E-state index is -4.57. The van der Waals surface area contributed by atoms with E-state index in [-0.39, 0.29) is 11.7 Å². The molecule has 6 nitrogen and oxygen atoms in total. The molecule has 168 valence electrons. The van der Waals surface area contributed by atoms with Gasteiger partial charge in [0.2, 0.25) is 5.82 Å². The number of rotatable bonds is 4. The maximum absolute atomic E-state index is 13.0. The van der Waals surface area contributed by atoms with Crippen molar-refractivity contribution in [3.05, 3.63) is 29.8 Å². The van der Waals surface area contributed by atoms with Gasteiger partial charge >= 0.3 is 6.18 Å². The Bertz CT molecular complexity index is 947. The molecule has 0 radical (unpaired) electrons. The lowest BCUT2D eigenvalue weighted by atomic mass is 10.0. The molecule has 1 aliphatic heterocycles. The van der Waals surface area contributed by atoms with Gasteiger partial charge in [0, 0.05) is 42.5 Å². The summed E-state index contributed by atoms with van der Waals surface area (Å²) in [5.74, 6) is 0.549. The van der Waals surface area contributed by atoms with Gasteiger partial charge in [0.15, 0.2) is 0 Å². The Morgan fingerprint density at radius 2 is 1.90 bits per heavy atom. The summed E-state index contributed by atoms with van der Waals surface area (Å²) >= 11 is 0. The summed E-state index contributed by atoms with van der Waals surface area (Å²) in [6.45, 7) is 8.95. The van der Waals surface area contributed by atoms with Gasteiger partial charge in [-0.05, 0) is 57.6 Å². The van der Waals surface area contributed by atoms with Crippen LogP contribution in [0, 0.1) is 11.8 Å². The largest absolute Gasteiger partial charge is 0.451 e. The van der Waals surface area contributed by atoms with Gasteiger partial charge in [0.1, 0.15) is 5.69 Å². The van der Waals surface area contributed by atoms with Crippen LogP contribution in [0.3, 0.4) is 0 Å². The Labute approximate surface area is 179 Å². The van der Waals surface area contributed by atoms with E-state index >= 15 is 0 Å². The van der Waals surface area contributed by atoms with Crippen LogP contribution in [0.15, 0.2) is 18.3 Å². The molecule has 3 aliphatic rings. The van der Waals surface area contributed by atoms with Gasteiger partial charge in [-0.3, -0.25) is 9.58 Å². The third-order valence-electron chi connectivity index (χ3n) is 7.07. The van der Waals surface area contributed by atoms with Gasteiger partial charge < -0.3 is 4.74 Å². The van der Waals surface area contributed by atoms with Gasteiger partial charge in [0.25, 0.3) is 0 Å². The molecule has 2 unspecified atom stereocenters. The van der Waals surface area contributed by atoms with Crippen LogP contribution in [-0.4, -0.2) is 56.5 Å². The Kier molecular flexibility index (Phi) is 5.08. The average molecular weight is 435 g/mol. The highest BCUT2D eigenvalue weighted by atomic mass is 19.4. The topological polar surface area (TPSA) is 56.1 Å². The summed E-state index contributed by atoms with van der Waals surface area (Å²) in [6, 6.07) is 4.64. The quantitative estimate of drug-likeness (QED) is 0.722. The van der Waals surface area contributed by atoms with E-state index in [0.29, 0.717) is 35.5 Å². The molecule has 2 aliphatic carbocycles. The first-order chi connectivity index (χ1) is 14.7. The van der Waals surface area contributed by atoms with E-state index in [1.54, 1.807) is 0 Å². The summed E-state index contributed by atoms with van der Waals surface area (Å²) in [7, 11) is 0. The first-order valence-electron chi connectivity index (χ1n) is 11.1. The fourth-order valence-corrected chi connectivity index (χ4v) is 5.64. The van der Waals surface area contributed by atoms with E-state index in [9.17, 15) is 13.2 Å². The van der Waals surface area contributed by atoms with Crippen LogP contribution in [0.1, 0.15) is 57.1 Å². The fraction of sp³-hybridized carbons (Fsp3) is 0.682. The maximum Gasteiger partial charge on any atom is 0.451 e. The molecule has 0 aromatic carbocycles. The molecule has 0 spiro atoms. The lowest BCUT2D eigenvalue weighted by Gasteiger charge is -2.38. The Morgan fingerprint density at radius 1 is 1.16 bits per heavy atom. The van der Waals surface area contributed by atoms with Crippen molar-refractivity contribution in [3.8, 4) is 11.4 Å². The molecule has 5 atom stereocenters. The second-order valence-electron chi connectivity index (χ2n) is 9.40. The number of halogens is 3. The highest BCUT2D eigenvalue weighted by Crippen LogP contribution is 2.64. The smallest absolute Gasteiger partial charge is 0.379 e. The first-order valence-corrected chi connectivity index (χ1v) is 11.1. The third-order valence-corrected chi connectivity index (χ3v) is 7.07. The number of nitrogens with zero attached hydrogens (tertiary/aromatic N) is 5. The van der Waals surface area contributed by atoms with E-state index in [2.05, 4.69) is 40.7 Å². The van der Waals surface area contributed by atoms with Crippen molar-refractivity contribution in [2.24, 2.45) is 11.8 Å². The number of fused-ring (bicyclic) bond motifs is 1. The highest BCUT2D eigenvalue weighted by molar-refractivity contribution is 5.55. The Hall–Kier alpha value is -2.00. The van der Waals surface area contributed by atoms with Crippen molar-refractivity contribution in [3.63, 3.8) is 0 Å². The van der Waals surface area contributed by atoms with Gasteiger partial charge in [0.05, 0.1) is 18.9 Å². The number of hydrogen-bond donors (Lipinski definition) is 0. The van der Waals surface area contributed by atoms with Gasteiger partial charge in [-0.25, -0.2) is 9.97 Å². The van der Waals surface area contributed by atoms with E-state index in [1.807, 2.05) is 10.7 Å². The standard InChI is InChI=1S/C22H28F3N5O/c1-12(2)30-19(10-18(28-30)17-4-5-26-21(27-17)22(23,24)25)20-15-8-14(9-16(15)20)29-6-7-31-11-13(29)3/h4-5,10,12-16,20H,6-9,11H2,1-3H3/t13-,14?,15-,16+,20?/m1/s1. The first kappa shape index (κ1) is 20.9. The van der Waals surface area contributed by atoms with Crippen LogP contribution in [-0.2, 0) is 10.9 Å². The highest BCUT2D eigenvalue weighted by Gasteiger charge is 2.59. The van der Waals surface area contributed by atoms with Crippen molar-refractivity contribution >= 4 is 0 Å². The zero-order chi connectivity index (χ0) is 21.9. The van der Waals surface area contributed by atoms with Crippen LogP contribution >= 0.6 is 0 Å². The van der Waals surface area contributed by atoms with E-state index in [0.717, 1.165) is 31.6 Å². The second-order valence-corrected chi connectivity index (χ2v) is 9.40. The van der Waals surface area contributed by atoms with E-state index in [4.69, 9.17) is 4.74 Å². The molecule has 2 saturated carbocycles. The summed E-state index contributed by atoms with van der Waals surface area (Å²) in [5, 5.41) is 4.64. The number of aromatic nitrogens is 4. The monoisotopic (exact) mass is 435 g/mol. The number of alkyl halides is 3. The molecule has 3 fully saturated rings. The molecule has 9 heteroatoms. The lowest BCUT2D eigenvalue weighted by Crippen LogP contribution is -2.49. The van der Waals surface area contributed by atoms with Crippen LogP contribution in [0.5, 0.6) is 0 Å². The number of ether oxygens (including phenoxy) is 1. The molecule has 1 saturated heterocycles. The van der Waals surface area contributed by atoms with Gasteiger partial charge in [-0.1, -0.05) is 0 Å². The Balaban J connectivity index is 1.37. The summed E-state index contributed by atoms with van der Waals surface area (Å²) < 4.78 is 46.7. The SMILES string of the molecule is CC(C)n1nc(-c2ccnc(C(F)(F)F)n2)cc1C1[C@H]2CC(N3CCOC[C@H]3C)C[C@@H]12. The fourth-order valence-electron chi connectivity index (χ4n) is 5.64. The van der Waals surface area contributed by atoms with Crippen LogP contribution < -0.4 is 0 Å². The lowest BCUT2D eigenvalue weighted by molar-refractivity contribution is -0.144. The van der Waals surface area contributed by atoms with Crippen molar-refractivity contribution in [1.29, 1.82) is 0 Å². The molecule has 2 aromatic heterocycles. The average Bonchev–Trinajstić information content (AvgIpc) is 3.09. The van der Waals surface area contributed by atoms with Crippen molar-refractivity contribution in [1.82, 2.24) is 24.6 Å². The molecular weight excluding hydrogens is 407 g/mol. The van der Waals surface area contributed by atoms with Gasteiger partial charge in [-0.15, -0.1) is 0 Å². The normalized spacial score (nSPS) is 31.3. The zero-order valence-electron chi connectivity index (χ0n) is 18.0. The summed E-state index contributed by atoms with van der Waals surface area (Å²) in [6.07, 6.45) is -1.08. The number of hydrogen-bond acceptors (Lipinski definition) is 5. The molecule has 31 heavy (non-hydrogen) atoms. The minimum absolute atomic E-state index is 0.129. The van der Waals surface area contributed by atoms with Crippen molar-refractivity contribution in [2.45, 2.75) is 63.8 Å². The van der Waals surface area contributed by atoms with Crippen molar-refractivity contribution < 1.29 is 17.9 Å². The van der Waals surface area contributed by atoms with Crippen LogP contribution in [0.25, 0.3) is 11.4 Å². The molecule has 3 heterocycles. The zero-order valence-corrected chi connectivity index (χ0v) is 18.0. The van der Waals surface area contributed by atoms with E-state index in [1.165, 1.54) is 18.9 Å². The molecule has 5 rings (SSSR count). The van der Waals surface area contributed by atoms with Crippen molar-refractivity contribution in [2.75, 3.05) is 19.8 Å². The predicted octanol–water partition coefficient (Wildman–Crippen LogP) is 4.15. The molecular formula is C22H28F3N5O. The van der Waals surface area contributed by atoms with Crippen LogP contribution in [0.4, 0.5) is 13.2 Å². The number of morpholine rings is 1. The second kappa shape index (κ2) is 7.55. The summed E-state index contributed by atoms with van der Waals surface area (Å²) in [4.78, 5) is 9.69. The summed E-state index contributed by atoms with van der Waals surface area (Å²) in [5.41, 5.74) is 1.83.